The number of aryl methyl sites for hydroxylation is 1. The SMILES string of the molecule is CC(=O)OC[C@H]1O[C@@H](n2cnc3c(N4CC5(CCc6cccc(F)c65)C4)nc(Cl)nc32)C(OC(C)=O)C1OC(C)=O. The van der Waals surface area contributed by atoms with Gasteiger partial charge in [-0.25, -0.2) is 9.37 Å². The largest absolute Gasteiger partial charge is 0.463 e. The molecule has 0 radical (unpaired) electrons. The van der Waals surface area contributed by atoms with Gasteiger partial charge in [0.15, 0.2) is 35.4 Å². The summed E-state index contributed by atoms with van der Waals surface area (Å²) in [5, 5.41) is -0.0526. The molecule has 41 heavy (non-hydrogen) atoms. The number of hydrogen-bond donors (Lipinski definition) is 0. The van der Waals surface area contributed by atoms with Crippen LogP contribution in [-0.4, -0.2) is 75.4 Å². The van der Waals surface area contributed by atoms with Crippen molar-refractivity contribution in [2.75, 3.05) is 24.6 Å². The highest BCUT2D eigenvalue weighted by Gasteiger charge is 2.53. The van der Waals surface area contributed by atoms with Crippen molar-refractivity contribution in [1.29, 1.82) is 0 Å². The molecule has 3 aliphatic rings. The van der Waals surface area contributed by atoms with Gasteiger partial charge in [-0.15, -0.1) is 0 Å². The number of halogens is 2. The van der Waals surface area contributed by atoms with Gasteiger partial charge in [-0.05, 0) is 36.1 Å². The molecule has 2 saturated heterocycles. The van der Waals surface area contributed by atoms with E-state index in [4.69, 9.17) is 30.5 Å². The highest BCUT2D eigenvalue weighted by atomic mass is 35.5. The summed E-state index contributed by atoms with van der Waals surface area (Å²) < 4.78 is 38.6. The molecule has 2 aliphatic heterocycles. The quantitative estimate of drug-likeness (QED) is 0.239. The van der Waals surface area contributed by atoms with Crippen LogP contribution < -0.4 is 4.90 Å². The number of benzene rings is 1. The molecule has 1 spiro atoms. The number of imidazole rings is 1. The van der Waals surface area contributed by atoms with Gasteiger partial charge in [0.05, 0.1) is 6.33 Å². The fourth-order valence-corrected chi connectivity index (χ4v) is 6.38. The Morgan fingerprint density at radius 3 is 2.54 bits per heavy atom. The van der Waals surface area contributed by atoms with Crippen LogP contribution in [0.3, 0.4) is 0 Å². The maximum absolute atomic E-state index is 14.8. The number of rotatable bonds is 6. The van der Waals surface area contributed by atoms with Crippen LogP contribution in [0.1, 0.15) is 44.5 Å². The average Bonchev–Trinajstić information content (AvgIpc) is 3.56. The number of fused-ring (bicyclic) bond motifs is 3. The third-order valence-corrected chi connectivity index (χ3v) is 7.95. The summed E-state index contributed by atoms with van der Waals surface area (Å²) in [4.78, 5) is 50.8. The van der Waals surface area contributed by atoms with Crippen molar-refractivity contribution in [1.82, 2.24) is 19.5 Å². The van der Waals surface area contributed by atoms with E-state index in [0.717, 1.165) is 24.0 Å². The third kappa shape index (κ3) is 4.76. The van der Waals surface area contributed by atoms with E-state index >= 15 is 0 Å². The number of esters is 3. The number of anilines is 1. The molecule has 1 aliphatic carbocycles. The van der Waals surface area contributed by atoms with Crippen LogP contribution in [0, 0.1) is 5.82 Å². The standard InChI is InChI=1S/C27H27ClFN5O7/c1-13(35)38-9-18-21(39-14(2)36)22(40-15(3)37)25(41-18)34-12-30-20-23(31-26(28)32-24(20)34)33-10-27(11-33)8-7-16-5-4-6-17(29)19(16)27/h4-6,12,18,21-22,25H,7-11H2,1-3H3/t18-,21?,22?,25-/m1/s1. The molecule has 4 atom stereocenters. The zero-order chi connectivity index (χ0) is 29.1. The molecule has 4 heterocycles. The van der Waals surface area contributed by atoms with Gasteiger partial charge in [0, 0.05) is 44.8 Å². The summed E-state index contributed by atoms with van der Waals surface area (Å²) >= 11 is 6.37. The first-order chi connectivity index (χ1) is 19.6. The van der Waals surface area contributed by atoms with Gasteiger partial charge in [-0.1, -0.05) is 12.1 Å². The zero-order valence-corrected chi connectivity index (χ0v) is 23.3. The van der Waals surface area contributed by atoms with Crippen LogP contribution in [0.4, 0.5) is 10.2 Å². The predicted molar refractivity (Wildman–Crippen MR) is 141 cm³/mol. The monoisotopic (exact) mass is 587 g/mol. The lowest BCUT2D eigenvalue weighted by atomic mass is 9.74. The van der Waals surface area contributed by atoms with E-state index in [1.54, 1.807) is 6.07 Å². The lowest BCUT2D eigenvalue weighted by Gasteiger charge is -2.49. The minimum Gasteiger partial charge on any atom is -0.463 e. The Balaban J connectivity index is 1.34. The molecule has 0 bridgehead atoms. The molecule has 14 heteroatoms. The molecule has 0 amide bonds. The van der Waals surface area contributed by atoms with Crippen molar-refractivity contribution in [3.8, 4) is 0 Å². The molecule has 2 aromatic heterocycles. The molecule has 12 nitrogen and oxygen atoms in total. The summed E-state index contributed by atoms with van der Waals surface area (Å²) in [6, 6.07) is 5.20. The Kier molecular flexibility index (Phi) is 6.81. The van der Waals surface area contributed by atoms with Crippen LogP contribution in [0.2, 0.25) is 5.28 Å². The van der Waals surface area contributed by atoms with E-state index < -0.39 is 42.4 Å². The van der Waals surface area contributed by atoms with Crippen molar-refractivity contribution in [2.45, 2.75) is 63.6 Å². The van der Waals surface area contributed by atoms with E-state index in [0.29, 0.717) is 24.4 Å². The molecule has 216 valence electrons. The van der Waals surface area contributed by atoms with Crippen molar-refractivity contribution < 1.29 is 37.7 Å². The van der Waals surface area contributed by atoms with Crippen LogP contribution >= 0.6 is 11.6 Å². The van der Waals surface area contributed by atoms with E-state index in [1.165, 1.54) is 37.7 Å². The van der Waals surface area contributed by atoms with Crippen LogP contribution in [0.15, 0.2) is 24.5 Å². The Morgan fingerprint density at radius 1 is 1.10 bits per heavy atom. The fourth-order valence-electron chi connectivity index (χ4n) is 6.22. The summed E-state index contributed by atoms with van der Waals surface area (Å²) in [6.45, 7) is 4.48. The second kappa shape index (κ2) is 10.2. The Morgan fingerprint density at radius 2 is 1.83 bits per heavy atom. The molecule has 2 unspecified atom stereocenters. The zero-order valence-electron chi connectivity index (χ0n) is 22.5. The van der Waals surface area contributed by atoms with Gasteiger partial charge in [0.25, 0.3) is 0 Å². The summed E-state index contributed by atoms with van der Waals surface area (Å²) in [5.41, 5.74) is 2.17. The molecule has 6 rings (SSSR count). The molecule has 1 aromatic carbocycles. The van der Waals surface area contributed by atoms with E-state index in [2.05, 4.69) is 15.0 Å². The van der Waals surface area contributed by atoms with Crippen LogP contribution in [0.5, 0.6) is 0 Å². The molecule has 0 N–H and O–H groups in total. The molecule has 3 aromatic rings. The van der Waals surface area contributed by atoms with Gasteiger partial charge in [-0.3, -0.25) is 19.0 Å². The van der Waals surface area contributed by atoms with Gasteiger partial charge >= 0.3 is 17.9 Å². The first-order valence-electron chi connectivity index (χ1n) is 13.1. The normalized spacial score (nSPS) is 24.3. The Bertz CT molecular complexity index is 1560. The maximum atomic E-state index is 14.8. The van der Waals surface area contributed by atoms with Crippen molar-refractivity contribution in [3.05, 3.63) is 46.8 Å². The van der Waals surface area contributed by atoms with Crippen LogP contribution in [-0.2, 0) is 45.2 Å². The highest BCUT2D eigenvalue weighted by molar-refractivity contribution is 6.28. The lowest BCUT2D eigenvalue weighted by Crippen LogP contribution is -2.59. The second-order valence-electron chi connectivity index (χ2n) is 10.6. The van der Waals surface area contributed by atoms with Gasteiger partial charge in [0.1, 0.15) is 18.5 Å². The first kappa shape index (κ1) is 27.3. The number of ether oxygens (including phenoxy) is 4. The fraction of sp³-hybridized carbons (Fsp3) is 0.481. The first-order valence-corrected chi connectivity index (χ1v) is 13.5. The van der Waals surface area contributed by atoms with E-state index in [1.807, 2.05) is 11.0 Å². The predicted octanol–water partition coefficient (Wildman–Crippen LogP) is 2.65. The molecular formula is C27H27ClFN5O7. The summed E-state index contributed by atoms with van der Waals surface area (Å²) in [7, 11) is 0. The molecule has 0 saturated carbocycles. The number of carbonyl (C=O) groups excluding carboxylic acids is 3. The number of nitrogens with zero attached hydrogens (tertiary/aromatic N) is 5. The van der Waals surface area contributed by atoms with Crippen molar-refractivity contribution in [2.24, 2.45) is 0 Å². The van der Waals surface area contributed by atoms with Gasteiger partial charge < -0.3 is 23.8 Å². The van der Waals surface area contributed by atoms with Gasteiger partial charge in [0.2, 0.25) is 5.28 Å². The minimum atomic E-state index is -1.11. The number of aromatic nitrogens is 4. The third-order valence-electron chi connectivity index (χ3n) is 7.78. The van der Waals surface area contributed by atoms with E-state index in [9.17, 15) is 18.8 Å². The van der Waals surface area contributed by atoms with Gasteiger partial charge in [-0.2, -0.15) is 9.97 Å². The lowest BCUT2D eigenvalue weighted by molar-refractivity contribution is -0.166. The van der Waals surface area contributed by atoms with Crippen molar-refractivity contribution >= 4 is 46.5 Å². The number of carbonyl (C=O) groups is 3. The highest BCUT2D eigenvalue weighted by Crippen LogP contribution is 2.48. The molecule has 2 fully saturated rings. The molecular weight excluding hydrogens is 561 g/mol. The summed E-state index contributed by atoms with van der Waals surface area (Å²) in [5.74, 6) is -1.55. The smallest absolute Gasteiger partial charge is 0.303 e. The Hall–Kier alpha value is -3.84. The van der Waals surface area contributed by atoms with E-state index in [-0.39, 0.29) is 28.8 Å². The Labute approximate surface area is 238 Å². The number of hydrogen-bond acceptors (Lipinski definition) is 11. The minimum absolute atomic E-state index is 0.0526. The van der Waals surface area contributed by atoms with Crippen molar-refractivity contribution in [3.63, 3.8) is 0 Å². The average molecular weight is 588 g/mol. The van der Waals surface area contributed by atoms with Crippen LogP contribution in [0.25, 0.3) is 11.2 Å². The second-order valence-corrected chi connectivity index (χ2v) is 10.9. The summed E-state index contributed by atoms with van der Waals surface area (Å²) in [6.07, 6.45) is -1.11. The topological polar surface area (TPSA) is 135 Å². The maximum Gasteiger partial charge on any atom is 0.303 e.